The molecule has 7 N–H and O–H groups in total. The number of halogens is 1. The lowest BCUT2D eigenvalue weighted by molar-refractivity contribution is -0.137. The van der Waals surface area contributed by atoms with Crippen LogP contribution in [0.1, 0.15) is 109 Å². The number of rotatable bonds is 20. The highest BCUT2D eigenvalue weighted by atomic mass is 32.2. The molecule has 2 atom stereocenters. The van der Waals surface area contributed by atoms with Crippen molar-refractivity contribution >= 4 is 75.9 Å². The zero-order chi connectivity index (χ0) is 49.0. The van der Waals surface area contributed by atoms with Crippen LogP contribution in [0.4, 0.5) is 36.9 Å². The van der Waals surface area contributed by atoms with Crippen LogP contribution >= 0.6 is 11.8 Å². The number of aromatic nitrogens is 3. The third kappa shape index (κ3) is 14.7. The summed E-state index contributed by atoms with van der Waals surface area (Å²) >= 11 is 1.31. The number of piperidine rings is 1. The lowest BCUT2D eigenvalue weighted by atomic mass is 9.90. The molecule has 5 rings (SSSR count). The Bertz CT molecular complexity index is 2430. The minimum absolute atomic E-state index is 0.0357. The van der Waals surface area contributed by atoms with Crippen LogP contribution in [0.25, 0.3) is 5.65 Å². The summed E-state index contributed by atoms with van der Waals surface area (Å²) in [4.78, 5) is 82.9. The number of likely N-dealkylation sites (tertiary alicyclic amines) is 1. The maximum Gasteiger partial charge on any atom is 0.408 e. The Kier molecular flexibility index (Phi) is 17.9. The van der Waals surface area contributed by atoms with E-state index < -0.39 is 35.5 Å². The first-order valence-corrected chi connectivity index (χ1v) is 23.4. The molecular formula is C48H63FN10O7S. The Morgan fingerprint density at radius 1 is 0.970 bits per heavy atom. The Labute approximate surface area is 395 Å². The van der Waals surface area contributed by atoms with Crippen molar-refractivity contribution in [2.75, 3.05) is 35.6 Å². The lowest BCUT2D eigenvalue weighted by Crippen LogP contribution is -2.47. The van der Waals surface area contributed by atoms with Gasteiger partial charge < -0.3 is 42.0 Å². The number of nitrogens with two attached hydrogens (primary N) is 1. The van der Waals surface area contributed by atoms with E-state index in [1.54, 1.807) is 80.4 Å². The van der Waals surface area contributed by atoms with Gasteiger partial charge in [-0.15, -0.1) is 0 Å². The molecule has 2 aromatic carbocycles. The van der Waals surface area contributed by atoms with Gasteiger partial charge in [0.2, 0.25) is 11.8 Å². The molecule has 6 amide bonds. The number of benzene rings is 2. The van der Waals surface area contributed by atoms with Gasteiger partial charge in [0, 0.05) is 65.4 Å². The van der Waals surface area contributed by atoms with Crippen LogP contribution in [0.2, 0.25) is 0 Å². The SMILES string of the molecule is C=CC(=O)Nc1ccc(C(=O)Nc2cccc(Nc3c(F)c(SC4CCN(C(=O)[C@H](CCCNC(N)=O)CCC(=O)[C@@H](NC(=O)OC(C)(C)C)C(C)C)CC4)nc4c(C(C)C)cnn34)c2)cc1. The van der Waals surface area contributed by atoms with Gasteiger partial charge in [-0.2, -0.15) is 14.0 Å². The molecule has 1 aliphatic heterocycles. The number of ketones is 1. The molecule has 67 heavy (non-hydrogen) atoms. The van der Waals surface area contributed by atoms with Gasteiger partial charge in [0.25, 0.3) is 5.91 Å². The number of carbonyl (C=O) groups is 6. The summed E-state index contributed by atoms with van der Waals surface area (Å²) in [6, 6.07) is 11.8. The number of thioether (sulfide) groups is 1. The molecule has 0 bridgehead atoms. The standard InChI is InChI=1S/C48H63FN10O7S/c1-9-38(61)53-32-18-15-30(16-19-32)43(62)55-34-14-10-13-33(26-34)54-42-39(49)44(57-41-36(28(2)3)27-52-59(41)42)67-35-21-24-58(25-22-35)45(63)31(12-11-23-51-46(50)64)17-20-37(60)40(29(4)5)56-47(65)66-48(6,7)8/h9-10,13-16,18-19,26-29,31,35,40,54H,1,11-12,17,20-25H2,2-8H3,(H,53,61)(H,55,62)(H,56,65)(H3,50,51,64)/t31-,40+/m1/s1. The Hall–Kier alpha value is -6.50. The van der Waals surface area contributed by atoms with Gasteiger partial charge in [-0.1, -0.05) is 52.1 Å². The predicted octanol–water partition coefficient (Wildman–Crippen LogP) is 8.16. The second kappa shape index (κ2) is 23.3. The van der Waals surface area contributed by atoms with Crippen LogP contribution in [0.5, 0.6) is 0 Å². The number of carbonyl (C=O) groups excluding carboxylic acids is 6. The Morgan fingerprint density at radius 2 is 1.66 bits per heavy atom. The second-order valence-electron chi connectivity index (χ2n) is 18.1. The molecule has 4 aromatic rings. The van der Waals surface area contributed by atoms with Crippen molar-refractivity contribution in [1.29, 1.82) is 0 Å². The second-order valence-corrected chi connectivity index (χ2v) is 19.4. The largest absolute Gasteiger partial charge is 0.444 e. The third-order valence-corrected chi connectivity index (χ3v) is 12.3. The summed E-state index contributed by atoms with van der Waals surface area (Å²) in [7, 11) is 0. The Balaban J connectivity index is 1.27. The fourth-order valence-electron chi connectivity index (χ4n) is 7.56. The molecule has 0 saturated carbocycles. The summed E-state index contributed by atoms with van der Waals surface area (Å²) in [5.74, 6) is -2.32. The van der Waals surface area contributed by atoms with Crippen molar-refractivity contribution in [3.05, 3.63) is 84.3 Å². The number of hydrogen-bond donors (Lipinski definition) is 6. The first-order chi connectivity index (χ1) is 31.7. The van der Waals surface area contributed by atoms with Gasteiger partial charge in [0.1, 0.15) is 10.6 Å². The van der Waals surface area contributed by atoms with Gasteiger partial charge in [-0.3, -0.25) is 19.2 Å². The maximum absolute atomic E-state index is 16.8. The van der Waals surface area contributed by atoms with Crippen LogP contribution < -0.4 is 32.3 Å². The van der Waals surface area contributed by atoms with Crippen molar-refractivity contribution in [3.8, 4) is 0 Å². The van der Waals surface area contributed by atoms with Crippen molar-refractivity contribution in [3.63, 3.8) is 0 Å². The number of fused-ring (bicyclic) bond motifs is 1. The minimum atomic E-state index is -0.799. The lowest BCUT2D eigenvalue weighted by Gasteiger charge is -2.34. The molecular weight excluding hydrogens is 880 g/mol. The number of hydrogen-bond acceptors (Lipinski definition) is 11. The van der Waals surface area contributed by atoms with Gasteiger partial charge in [0.15, 0.2) is 23.1 Å². The topological polar surface area (TPSA) is 231 Å². The Morgan fingerprint density at radius 3 is 2.28 bits per heavy atom. The molecule has 360 valence electrons. The minimum Gasteiger partial charge on any atom is -0.444 e. The number of Topliss-reactive ketones (excluding diaryl/α,β-unsaturated/α-hetero) is 1. The number of anilines is 4. The highest BCUT2D eigenvalue weighted by Gasteiger charge is 2.33. The number of nitrogens with zero attached hydrogens (tertiary/aromatic N) is 4. The van der Waals surface area contributed by atoms with Crippen molar-refractivity contribution < 1.29 is 37.9 Å². The van der Waals surface area contributed by atoms with E-state index in [1.807, 2.05) is 27.7 Å². The molecule has 0 aliphatic carbocycles. The summed E-state index contributed by atoms with van der Waals surface area (Å²) < 4.78 is 23.6. The number of amides is 6. The zero-order valence-electron chi connectivity index (χ0n) is 39.2. The van der Waals surface area contributed by atoms with E-state index in [9.17, 15) is 28.8 Å². The first kappa shape index (κ1) is 51.5. The van der Waals surface area contributed by atoms with E-state index in [4.69, 9.17) is 15.5 Å². The van der Waals surface area contributed by atoms with Gasteiger partial charge >= 0.3 is 12.1 Å². The predicted molar refractivity (Wildman–Crippen MR) is 258 cm³/mol. The van der Waals surface area contributed by atoms with Crippen LogP contribution in [0.3, 0.4) is 0 Å². The van der Waals surface area contributed by atoms with Gasteiger partial charge in [-0.25, -0.2) is 14.6 Å². The molecule has 1 aliphatic rings. The molecule has 1 fully saturated rings. The van der Waals surface area contributed by atoms with Crippen LogP contribution in [0.15, 0.2) is 72.4 Å². The van der Waals surface area contributed by atoms with Crippen LogP contribution in [-0.4, -0.2) is 91.7 Å². The number of nitrogens with one attached hydrogen (secondary N) is 5. The monoisotopic (exact) mass is 942 g/mol. The summed E-state index contributed by atoms with van der Waals surface area (Å²) in [5.41, 5.74) is 7.66. The highest BCUT2D eigenvalue weighted by molar-refractivity contribution is 7.99. The number of primary amides is 1. The normalized spacial score (nSPS) is 14.0. The van der Waals surface area contributed by atoms with E-state index in [1.165, 1.54) is 16.3 Å². The fourth-order valence-corrected chi connectivity index (χ4v) is 8.66. The maximum atomic E-state index is 16.8. The van der Waals surface area contributed by atoms with E-state index in [0.29, 0.717) is 67.0 Å². The highest BCUT2D eigenvalue weighted by Crippen LogP contribution is 2.37. The van der Waals surface area contributed by atoms with Crippen LogP contribution in [-0.2, 0) is 19.1 Å². The van der Waals surface area contributed by atoms with E-state index in [-0.39, 0.29) is 70.8 Å². The van der Waals surface area contributed by atoms with Crippen molar-refractivity contribution in [1.82, 2.24) is 30.1 Å². The average Bonchev–Trinajstić information content (AvgIpc) is 3.70. The molecule has 2 aromatic heterocycles. The first-order valence-electron chi connectivity index (χ1n) is 22.5. The van der Waals surface area contributed by atoms with Crippen LogP contribution in [0, 0.1) is 17.7 Å². The quantitative estimate of drug-likeness (QED) is 0.0281. The molecule has 3 heterocycles. The molecule has 0 radical (unpaired) electrons. The van der Waals surface area contributed by atoms with Crippen molar-refractivity contribution in [2.45, 2.75) is 115 Å². The van der Waals surface area contributed by atoms with Gasteiger partial charge in [0.05, 0.1) is 12.2 Å². The van der Waals surface area contributed by atoms with E-state index in [2.05, 4.69) is 38.3 Å². The van der Waals surface area contributed by atoms with E-state index >= 15 is 4.39 Å². The zero-order valence-corrected chi connectivity index (χ0v) is 40.1. The number of ether oxygens (including phenoxy) is 1. The number of urea groups is 1. The average molecular weight is 943 g/mol. The third-order valence-electron chi connectivity index (χ3n) is 11.0. The van der Waals surface area contributed by atoms with Crippen molar-refractivity contribution in [2.24, 2.45) is 17.6 Å². The molecule has 0 spiro atoms. The van der Waals surface area contributed by atoms with E-state index in [0.717, 1.165) is 11.6 Å². The fraction of sp³-hybridized carbons (Fsp3) is 0.458. The molecule has 0 unspecified atom stereocenters. The molecule has 1 saturated heterocycles. The summed E-state index contributed by atoms with van der Waals surface area (Å²) in [6.07, 6.45) is 4.42. The summed E-state index contributed by atoms with van der Waals surface area (Å²) in [6.45, 7) is 17.4. The smallest absolute Gasteiger partial charge is 0.408 e. The molecule has 17 nitrogen and oxygen atoms in total. The molecule has 19 heteroatoms. The van der Waals surface area contributed by atoms with Gasteiger partial charge in [-0.05, 0) is 113 Å². The summed E-state index contributed by atoms with van der Waals surface area (Å²) in [5, 5.41) is 18.5. The number of alkyl carbamates (subject to hydrolysis) is 1.